The number of tetrazole rings is 1. The van der Waals surface area contributed by atoms with Crippen LogP contribution in [0.3, 0.4) is 0 Å². The molecule has 0 amide bonds. The van der Waals surface area contributed by atoms with E-state index in [-0.39, 0.29) is 0 Å². The number of nitrogens with one attached hydrogen (secondary N) is 1. The van der Waals surface area contributed by atoms with E-state index in [0.29, 0.717) is 5.82 Å². The molecule has 1 N–H and O–H groups in total. The van der Waals surface area contributed by atoms with Gasteiger partial charge in [-0.25, -0.2) is 4.98 Å². The number of imidazole rings is 1. The van der Waals surface area contributed by atoms with E-state index in [4.69, 9.17) is 9.72 Å². The molecule has 2 heterocycles. The Kier molecular flexibility index (Phi) is 5.85. The Balaban J connectivity index is 1.47. The fraction of sp³-hybridized carbons (Fsp3) is 0.231. The van der Waals surface area contributed by atoms with Crippen molar-refractivity contribution in [3.05, 3.63) is 78.1 Å². The van der Waals surface area contributed by atoms with Crippen LogP contribution in [0.5, 0.6) is 5.75 Å². The summed E-state index contributed by atoms with van der Waals surface area (Å²) in [5.41, 5.74) is 6.46. The molecule has 0 saturated carbocycles. The van der Waals surface area contributed by atoms with Crippen molar-refractivity contribution in [2.45, 2.75) is 32.7 Å². The normalized spacial score (nSPS) is 11.2. The van der Waals surface area contributed by atoms with E-state index >= 15 is 0 Å². The van der Waals surface area contributed by atoms with Gasteiger partial charge in [0.05, 0.1) is 18.1 Å². The zero-order valence-electron chi connectivity index (χ0n) is 18.8. The van der Waals surface area contributed by atoms with Crippen LogP contribution >= 0.6 is 0 Å². The van der Waals surface area contributed by atoms with Gasteiger partial charge >= 0.3 is 0 Å². The van der Waals surface area contributed by atoms with E-state index in [9.17, 15) is 0 Å². The van der Waals surface area contributed by atoms with Gasteiger partial charge in [0.25, 0.3) is 0 Å². The molecule has 0 bridgehead atoms. The number of aryl methyl sites for hydroxylation is 1. The van der Waals surface area contributed by atoms with E-state index in [1.165, 1.54) is 11.1 Å². The van der Waals surface area contributed by atoms with Crippen LogP contribution in [0.4, 0.5) is 0 Å². The number of hydrogen-bond donors (Lipinski definition) is 1. The lowest BCUT2D eigenvalue weighted by molar-refractivity contribution is 0.415. The fourth-order valence-corrected chi connectivity index (χ4v) is 4.16. The van der Waals surface area contributed by atoms with Gasteiger partial charge in [-0.05, 0) is 58.7 Å². The van der Waals surface area contributed by atoms with Gasteiger partial charge in [0.2, 0.25) is 5.82 Å². The topological polar surface area (TPSA) is 81.5 Å². The zero-order valence-corrected chi connectivity index (χ0v) is 18.8. The number of aromatic nitrogens is 6. The van der Waals surface area contributed by atoms with Gasteiger partial charge in [0, 0.05) is 18.5 Å². The highest BCUT2D eigenvalue weighted by Gasteiger charge is 2.14. The Morgan fingerprint density at radius 2 is 1.82 bits per heavy atom. The first-order chi connectivity index (χ1) is 16.3. The van der Waals surface area contributed by atoms with E-state index in [1.54, 1.807) is 7.11 Å². The Labute approximate surface area is 192 Å². The number of ether oxygens (including phenoxy) is 1. The predicted octanol–water partition coefficient (Wildman–Crippen LogP) is 5.28. The number of nitrogens with zero attached hydrogens (tertiary/aromatic N) is 5. The second kappa shape index (κ2) is 9.24. The van der Waals surface area contributed by atoms with Crippen molar-refractivity contribution in [2.24, 2.45) is 0 Å². The Bertz CT molecular complexity index is 1360. The van der Waals surface area contributed by atoms with Crippen molar-refractivity contribution in [1.29, 1.82) is 0 Å². The van der Waals surface area contributed by atoms with E-state index in [1.807, 2.05) is 24.3 Å². The molecular formula is C26H26N6O. The van der Waals surface area contributed by atoms with Gasteiger partial charge in [0.15, 0.2) is 0 Å². The Hall–Kier alpha value is -4.00. The molecule has 5 aromatic rings. The molecule has 0 radical (unpaired) electrons. The SMILES string of the molecule is CCCCc1nc2ccccc2n1Cc1ccc(-c2ccc(OC)cc2-c2nn[nH]n2)cc1. The first-order valence-electron chi connectivity index (χ1n) is 11.2. The van der Waals surface area contributed by atoms with Crippen molar-refractivity contribution in [3.8, 4) is 28.3 Å². The summed E-state index contributed by atoms with van der Waals surface area (Å²) in [5.74, 6) is 2.44. The zero-order chi connectivity index (χ0) is 22.6. The molecule has 0 unspecified atom stereocenters. The molecule has 166 valence electrons. The van der Waals surface area contributed by atoms with Crippen LogP contribution in [0.15, 0.2) is 66.7 Å². The minimum absolute atomic E-state index is 0.540. The highest BCUT2D eigenvalue weighted by Crippen LogP contribution is 2.33. The van der Waals surface area contributed by atoms with E-state index < -0.39 is 0 Å². The van der Waals surface area contributed by atoms with Gasteiger partial charge in [-0.3, -0.25) is 0 Å². The average molecular weight is 439 g/mol. The maximum Gasteiger partial charge on any atom is 0.205 e. The molecule has 33 heavy (non-hydrogen) atoms. The summed E-state index contributed by atoms with van der Waals surface area (Å²) in [6.45, 7) is 3.01. The summed E-state index contributed by atoms with van der Waals surface area (Å²) in [4.78, 5) is 4.90. The number of H-pyrrole nitrogens is 1. The maximum atomic E-state index is 5.40. The quantitative estimate of drug-likeness (QED) is 0.356. The van der Waals surface area contributed by atoms with Crippen molar-refractivity contribution in [3.63, 3.8) is 0 Å². The van der Waals surface area contributed by atoms with Crippen molar-refractivity contribution < 1.29 is 4.74 Å². The summed E-state index contributed by atoms with van der Waals surface area (Å²) in [7, 11) is 1.65. The minimum atomic E-state index is 0.540. The number of rotatable bonds is 8. The third-order valence-electron chi connectivity index (χ3n) is 5.91. The summed E-state index contributed by atoms with van der Waals surface area (Å²) >= 11 is 0. The molecule has 3 aromatic carbocycles. The number of fused-ring (bicyclic) bond motifs is 1. The van der Waals surface area contributed by atoms with Crippen LogP contribution < -0.4 is 4.74 Å². The molecular weight excluding hydrogens is 412 g/mol. The number of unbranched alkanes of at least 4 members (excludes halogenated alkanes) is 1. The first-order valence-corrected chi connectivity index (χ1v) is 11.2. The Morgan fingerprint density at radius 3 is 2.58 bits per heavy atom. The first kappa shape index (κ1) is 20.9. The lowest BCUT2D eigenvalue weighted by atomic mass is 9.98. The molecule has 2 aromatic heterocycles. The standard InChI is InChI=1S/C26H26N6O/c1-3-4-9-25-27-23-7-5-6-8-24(23)32(25)17-18-10-12-19(13-11-18)21-15-14-20(33-2)16-22(21)26-28-30-31-29-26/h5-8,10-16H,3-4,9,17H2,1-2H3,(H,28,29,30,31). The molecule has 7 nitrogen and oxygen atoms in total. The highest BCUT2D eigenvalue weighted by atomic mass is 16.5. The molecule has 0 spiro atoms. The van der Waals surface area contributed by atoms with Crippen LogP contribution in [0, 0.1) is 0 Å². The molecule has 0 aliphatic rings. The van der Waals surface area contributed by atoms with Crippen LogP contribution in [-0.2, 0) is 13.0 Å². The van der Waals surface area contributed by atoms with Gasteiger partial charge in [0.1, 0.15) is 11.6 Å². The summed E-state index contributed by atoms with van der Waals surface area (Å²) in [6.07, 6.45) is 3.28. The predicted molar refractivity (Wildman–Crippen MR) is 129 cm³/mol. The summed E-state index contributed by atoms with van der Waals surface area (Å²) in [5, 5.41) is 14.6. The largest absolute Gasteiger partial charge is 0.497 e. The monoisotopic (exact) mass is 438 g/mol. The summed E-state index contributed by atoms with van der Waals surface area (Å²) < 4.78 is 7.75. The molecule has 0 fully saturated rings. The number of hydrogen-bond acceptors (Lipinski definition) is 5. The number of aromatic amines is 1. The molecule has 7 heteroatoms. The second-order valence-electron chi connectivity index (χ2n) is 8.05. The van der Waals surface area contributed by atoms with Gasteiger partial charge < -0.3 is 9.30 Å². The second-order valence-corrected chi connectivity index (χ2v) is 8.05. The van der Waals surface area contributed by atoms with Crippen LogP contribution in [0.2, 0.25) is 0 Å². The number of benzene rings is 3. The van der Waals surface area contributed by atoms with Crippen molar-refractivity contribution in [1.82, 2.24) is 30.2 Å². The third-order valence-corrected chi connectivity index (χ3v) is 5.91. The number of methoxy groups -OCH3 is 1. The van der Waals surface area contributed by atoms with Crippen LogP contribution in [0.25, 0.3) is 33.5 Å². The Morgan fingerprint density at radius 1 is 0.970 bits per heavy atom. The smallest absolute Gasteiger partial charge is 0.205 e. The van der Waals surface area contributed by atoms with Crippen molar-refractivity contribution >= 4 is 11.0 Å². The fourth-order valence-electron chi connectivity index (χ4n) is 4.16. The molecule has 0 atom stereocenters. The average Bonchev–Trinajstić information content (AvgIpc) is 3.52. The van der Waals surface area contributed by atoms with E-state index in [2.05, 4.69) is 74.6 Å². The minimum Gasteiger partial charge on any atom is -0.497 e. The van der Waals surface area contributed by atoms with Gasteiger partial charge in [-0.1, -0.05) is 49.7 Å². The lowest BCUT2D eigenvalue weighted by Crippen LogP contribution is -2.05. The number of para-hydroxylation sites is 2. The highest BCUT2D eigenvalue weighted by molar-refractivity contribution is 5.81. The van der Waals surface area contributed by atoms with E-state index in [0.717, 1.165) is 59.6 Å². The molecule has 5 rings (SSSR count). The third kappa shape index (κ3) is 4.22. The van der Waals surface area contributed by atoms with Crippen molar-refractivity contribution in [2.75, 3.05) is 7.11 Å². The lowest BCUT2D eigenvalue weighted by Gasteiger charge is -2.12. The maximum absolute atomic E-state index is 5.40. The van der Waals surface area contributed by atoms with Crippen LogP contribution in [-0.4, -0.2) is 37.3 Å². The van der Waals surface area contributed by atoms with Crippen LogP contribution in [0.1, 0.15) is 31.2 Å². The summed E-state index contributed by atoms with van der Waals surface area (Å²) in [6, 6.07) is 22.9. The molecule has 0 aliphatic carbocycles. The van der Waals surface area contributed by atoms with Gasteiger partial charge in [-0.2, -0.15) is 5.21 Å². The van der Waals surface area contributed by atoms with Gasteiger partial charge in [-0.15, -0.1) is 10.2 Å². The molecule has 0 saturated heterocycles. The molecule has 0 aliphatic heterocycles.